The van der Waals surface area contributed by atoms with Gasteiger partial charge in [-0.05, 0) is 24.5 Å². The van der Waals surface area contributed by atoms with Crippen molar-refractivity contribution < 1.29 is 9.15 Å². The lowest BCUT2D eigenvalue weighted by Crippen LogP contribution is -2.07. The Labute approximate surface area is 106 Å². The fourth-order valence-electron chi connectivity index (χ4n) is 1.63. The summed E-state index contributed by atoms with van der Waals surface area (Å²) in [5, 5.41) is 0. The monoisotopic (exact) mass is 244 g/mol. The third-order valence-corrected chi connectivity index (χ3v) is 2.75. The van der Waals surface area contributed by atoms with Gasteiger partial charge in [0.25, 0.3) is 0 Å². The number of aryl methyl sites for hydroxylation is 2. The fourth-order valence-corrected chi connectivity index (χ4v) is 1.63. The van der Waals surface area contributed by atoms with Gasteiger partial charge in [-0.3, -0.25) is 4.79 Å². The molecule has 0 aliphatic rings. The van der Waals surface area contributed by atoms with Gasteiger partial charge in [0, 0.05) is 6.07 Å². The highest BCUT2D eigenvalue weighted by atomic mass is 16.5. The van der Waals surface area contributed by atoms with E-state index in [1.165, 1.54) is 17.9 Å². The second-order valence-corrected chi connectivity index (χ2v) is 4.18. The highest BCUT2D eigenvalue weighted by Crippen LogP contribution is 2.10. The number of hydrogen-bond donors (Lipinski definition) is 0. The molecule has 0 N–H and O–H groups in total. The molecule has 0 fully saturated rings. The lowest BCUT2D eigenvalue weighted by molar-refractivity contribution is 0.290. The van der Waals surface area contributed by atoms with Crippen LogP contribution in [0.4, 0.5) is 0 Å². The average Bonchev–Trinajstić information content (AvgIpc) is 2.38. The summed E-state index contributed by atoms with van der Waals surface area (Å²) in [6.45, 7) is 4.22. The lowest BCUT2D eigenvalue weighted by atomic mass is 10.1. The maximum Gasteiger partial charge on any atom is 0.226 e. The Morgan fingerprint density at radius 2 is 1.83 bits per heavy atom. The summed E-state index contributed by atoms with van der Waals surface area (Å²) in [5.74, 6) is 0.833. The van der Waals surface area contributed by atoms with Gasteiger partial charge in [-0.1, -0.05) is 31.2 Å². The SMILES string of the molecule is CCc1ccc(COc2coc(C)cc2=O)cc1. The van der Waals surface area contributed by atoms with Crippen LogP contribution in [-0.2, 0) is 13.0 Å². The van der Waals surface area contributed by atoms with Gasteiger partial charge in [-0.15, -0.1) is 0 Å². The molecule has 0 radical (unpaired) electrons. The topological polar surface area (TPSA) is 39.4 Å². The molecule has 2 rings (SSSR count). The summed E-state index contributed by atoms with van der Waals surface area (Å²) in [4.78, 5) is 11.6. The maximum absolute atomic E-state index is 11.6. The summed E-state index contributed by atoms with van der Waals surface area (Å²) in [5.41, 5.74) is 2.17. The maximum atomic E-state index is 11.6. The van der Waals surface area contributed by atoms with Gasteiger partial charge in [0.15, 0.2) is 0 Å². The Morgan fingerprint density at radius 3 is 2.44 bits per heavy atom. The van der Waals surface area contributed by atoms with Crippen LogP contribution in [0.3, 0.4) is 0 Å². The largest absolute Gasteiger partial charge is 0.482 e. The molecule has 0 saturated carbocycles. The van der Waals surface area contributed by atoms with Crippen molar-refractivity contribution in [3.8, 4) is 5.75 Å². The Morgan fingerprint density at radius 1 is 1.17 bits per heavy atom. The molecule has 3 nitrogen and oxygen atoms in total. The minimum atomic E-state index is -0.149. The van der Waals surface area contributed by atoms with E-state index in [9.17, 15) is 4.79 Å². The van der Waals surface area contributed by atoms with E-state index in [0.29, 0.717) is 12.4 Å². The van der Waals surface area contributed by atoms with E-state index in [1.54, 1.807) is 6.92 Å². The molecule has 18 heavy (non-hydrogen) atoms. The standard InChI is InChI=1S/C15H16O3/c1-3-12-4-6-13(7-5-12)9-18-15-10-17-11(2)8-14(15)16/h4-8,10H,3,9H2,1-2H3. The van der Waals surface area contributed by atoms with Gasteiger partial charge in [-0.2, -0.15) is 0 Å². The second kappa shape index (κ2) is 5.54. The van der Waals surface area contributed by atoms with Crippen LogP contribution in [0.25, 0.3) is 0 Å². The Balaban J connectivity index is 2.04. The van der Waals surface area contributed by atoms with E-state index < -0.39 is 0 Å². The predicted molar refractivity (Wildman–Crippen MR) is 69.9 cm³/mol. The van der Waals surface area contributed by atoms with Crippen LogP contribution in [0.2, 0.25) is 0 Å². The van der Waals surface area contributed by atoms with Crippen molar-refractivity contribution in [3.05, 3.63) is 63.7 Å². The van der Waals surface area contributed by atoms with Crippen LogP contribution in [0.15, 0.2) is 45.8 Å². The molecule has 0 spiro atoms. The van der Waals surface area contributed by atoms with Crippen LogP contribution in [0.1, 0.15) is 23.8 Å². The van der Waals surface area contributed by atoms with Crippen LogP contribution >= 0.6 is 0 Å². The van der Waals surface area contributed by atoms with Gasteiger partial charge in [0.05, 0.1) is 0 Å². The molecule has 0 amide bonds. The molecule has 2 aromatic rings. The number of benzene rings is 1. The summed E-state index contributed by atoms with van der Waals surface area (Å²) >= 11 is 0. The molecule has 1 heterocycles. The predicted octanol–water partition coefficient (Wildman–Crippen LogP) is 3.09. The molecule has 0 unspecified atom stereocenters. The van der Waals surface area contributed by atoms with E-state index in [2.05, 4.69) is 19.1 Å². The Kier molecular flexibility index (Phi) is 3.82. The van der Waals surface area contributed by atoms with Crippen molar-refractivity contribution in [2.24, 2.45) is 0 Å². The highest BCUT2D eigenvalue weighted by molar-refractivity contribution is 5.23. The molecule has 94 valence electrons. The van der Waals surface area contributed by atoms with E-state index in [1.807, 2.05) is 12.1 Å². The van der Waals surface area contributed by atoms with Crippen molar-refractivity contribution in [1.29, 1.82) is 0 Å². The normalized spacial score (nSPS) is 10.3. The molecule has 0 bridgehead atoms. The molecule has 3 heteroatoms. The van der Waals surface area contributed by atoms with Crippen molar-refractivity contribution >= 4 is 0 Å². The van der Waals surface area contributed by atoms with E-state index in [-0.39, 0.29) is 11.2 Å². The fraction of sp³-hybridized carbons (Fsp3) is 0.267. The first-order valence-electron chi connectivity index (χ1n) is 5.99. The smallest absolute Gasteiger partial charge is 0.226 e. The number of ether oxygens (including phenoxy) is 1. The van der Waals surface area contributed by atoms with Gasteiger partial charge in [0.2, 0.25) is 11.2 Å². The molecular weight excluding hydrogens is 228 g/mol. The minimum absolute atomic E-state index is 0.149. The molecule has 0 saturated heterocycles. The minimum Gasteiger partial charge on any atom is -0.482 e. The number of rotatable bonds is 4. The third-order valence-electron chi connectivity index (χ3n) is 2.75. The van der Waals surface area contributed by atoms with Gasteiger partial charge in [0.1, 0.15) is 18.6 Å². The van der Waals surface area contributed by atoms with Crippen LogP contribution in [0, 0.1) is 6.92 Å². The van der Waals surface area contributed by atoms with Crippen molar-refractivity contribution in [2.75, 3.05) is 0 Å². The van der Waals surface area contributed by atoms with E-state index in [4.69, 9.17) is 9.15 Å². The Hall–Kier alpha value is -2.03. The van der Waals surface area contributed by atoms with E-state index >= 15 is 0 Å². The molecule has 0 atom stereocenters. The van der Waals surface area contributed by atoms with Crippen LogP contribution in [-0.4, -0.2) is 0 Å². The van der Waals surface area contributed by atoms with Crippen molar-refractivity contribution in [2.45, 2.75) is 26.9 Å². The zero-order valence-electron chi connectivity index (χ0n) is 10.6. The molecule has 0 aliphatic heterocycles. The van der Waals surface area contributed by atoms with Crippen molar-refractivity contribution in [3.63, 3.8) is 0 Å². The summed E-state index contributed by atoms with van der Waals surface area (Å²) < 4.78 is 10.6. The van der Waals surface area contributed by atoms with Crippen LogP contribution in [0.5, 0.6) is 5.75 Å². The summed E-state index contributed by atoms with van der Waals surface area (Å²) in [6, 6.07) is 9.57. The first-order valence-corrected chi connectivity index (χ1v) is 5.99. The van der Waals surface area contributed by atoms with E-state index in [0.717, 1.165) is 12.0 Å². The molecule has 0 aliphatic carbocycles. The van der Waals surface area contributed by atoms with Gasteiger partial charge >= 0.3 is 0 Å². The Bertz CT molecular complexity index is 567. The van der Waals surface area contributed by atoms with Crippen molar-refractivity contribution in [1.82, 2.24) is 0 Å². The highest BCUT2D eigenvalue weighted by Gasteiger charge is 2.02. The molecular formula is C15H16O3. The van der Waals surface area contributed by atoms with Crippen LogP contribution < -0.4 is 10.2 Å². The zero-order chi connectivity index (χ0) is 13.0. The summed E-state index contributed by atoms with van der Waals surface area (Å²) in [6.07, 6.45) is 2.38. The number of hydrogen-bond acceptors (Lipinski definition) is 3. The first-order chi connectivity index (χ1) is 8.69. The molecule has 1 aromatic heterocycles. The zero-order valence-corrected chi connectivity index (χ0v) is 10.6. The van der Waals surface area contributed by atoms with Gasteiger partial charge in [-0.25, -0.2) is 0 Å². The second-order valence-electron chi connectivity index (χ2n) is 4.18. The third kappa shape index (κ3) is 3.00. The first kappa shape index (κ1) is 12.4. The van der Waals surface area contributed by atoms with Gasteiger partial charge < -0.3 is 9.15 Å². The summed E-state index contributed by atoms with van der Waals surface area (Å²) in [7, 11) is 0. The lowest BCUT2D eigenvalue weighted by Gasteiger charge is -2.05. The average molecular weight is 244 g/mol. The molecule has 1 aromatic carbocycles. The quantitative estimate of drug-likeness (QED) is 0.829.